The molecule has 7 nitrogen and oxygen atoms in total. The number of sulfonamides is 2. The minimum Gasteiger partial charge on any atom is -0.421 e. The van der Waals surface area contributed by atoms with E-state index in [4.69, 9.17) is 0 Å². The van der Waals surface area contributed by atoms with Gasteiger partial charge in [0.05, 0.1) is 13.1 Å². The van der Waals surface area contributed by atoms with Crippen LogP contribution in [-0.4, -0.2) is 32.4 Å². The van der Waals surface area contributed by atoms with Crippen LogP contribution in [-0.2, 0) is 27.1 Å². The molecular weight excluding hydrogens is 392 g/mol. The summed E-state index contributed by atoms with van der Waals surface area (Å²) in [6.07, 6.45) is 6.19. The Labute approximate surface area is 134 Å². The van der Waals surface area contributed by atoms with Gasteiger partial charge >= 0.3 is 11.0 Å². The van der Waals surface area contributed by atoms with Crippen LogP contribution in [0.25, 0.3) is 4.13 Å². The van der Waals surface area contributed by atoms with E-state index in [1.54, 1.807) is 0 Å². The predicted octanol–water partition coefficient (Wildman–Crippen LogP) is 1.95. The van der Waals surface area contributed by atoms with Crippen LogP contribution in [0, 0.1) is 0 Å². The molecule has 0 saturated heterocycles. The number of nitrogens with zero attached hydrogens (tertiary/aromatic N) is 3. The summed E-state index contributed by atoms with van der Waals surface area (Å²) in [5.41, 5.74) is -12.4. The predicted molar refractivity (Wildman–Crippen MR) is 69.3 cm³/mol. The van der Waals surface area contributed by atoms with Gasteiger partial charge < -0.3 is 4.13 Å². The molecule has 0 aliphatic carbocycles. The molecule has 0 bridgehead atoms. The quantitative estimate of drug-likeness (QED) is 0.568. The largest absolute Gasteiger partial charge is 0.480 e. The van der Waals surface area contributed by atoms with E-state index < -0.39 is 31.1 Å². The molecule has 0 fully saturated rings. The van der Waals surface area contributed by atoms with Gasteiger partial charge in [0, 0.05) is 0 Å². The van der Waals surface area contributed by atoms with Crippen LogP contribution in [0.3, 0.4) is 0 Å². The van der Waals surface area contributed by atoms with Gasteiger partial charge in [-0.2, -0.15) is 26.3 Å². The highest BCUT2D eigenvalue weighted by molar-refractivity contribution is 8.13. The molecule has 0 aliphatic rings. The zero-order valence-electron chi connectivity index (χ0n) is 12.4. The van der Waals surface area contributed by atoms with E-state index in [1.807, 2.05) is 17.8 Å². The van der Waals surface area contributed by atoms with Gasteiger partial charge in [0.25, 0.3) is 0 Å². The van der Waals surface area contributed by atoms with Gasteiger partial charge in [0.1, 0.15) is 12.4 Å². The van der Waals surface area contributed by atoms with Crippen LogP contribution in [0.5, 0.6) is 0 Å². The minimum atomic E-state index is -6.72. The Hall–Kier alpha value is -1.35. The molecule has 1 rings (SSSR count). The van der Waals surface area contributed by atoms with Crippen molar-refractivity contribution in [3.8, 4) is 0 Å². The van der Waals surface area contributed by atoms with Crippen molar-refractivity contribution in [1.82, 2.24) is 4.57 Å². The summed E-state index contributed by atoms with van der Waals surface area (Å²) in [6.45, 7) is 4.33. The van der Waals surface area contributed by atoms with E-state index >= 15 is 0 Å². The van der Waals surface area contributed by atoms with Crippen LogP contribution in [0.4, 0.5) is 26.3 Å². The topological polar surface area (TPSA) is 91.2 Å². The molecule has 24 heavy (non-hydrogen) atoms. The van der Waals surface area contributed by atoms with E-state index in [-0.39, 0.29) is 0 Å². The molecule has 1 aromatic rings. The Bertz CT molecular complexity index is 707. The van der Waals surface area contributed by atoms with Crippen molar-refractivity contribution in [2.24, 2.45) is 7.05 Å². The molecule has 0 N–H and O–H groups in total. The van der Waals surface area contributed by atoms with Crippen LogP contribution in [0.2, 0.25) is 0 Å². The number of hydrogen-bond donors (Lipinski definition) is 0. The molecule has 142 valence electrons. The standard InChI is InChI=1S/C7H13N2.C2F6NO4S2/c1-7(2)9-5-4-8(3)6-9;3-1(4,5)14(10,11)9-15(12,13)2(6,7)8/h4-7H,1-3H3;/q+1;-1. The molecule has 0 amide bonds. The molecule has 0 atom stereocenters. The number of aromatic nitrogens is 2. The maximum atomic E-state index is 11.4. The maximum Gasteiger partial charge on any atom is 0.480 e. The van der Waals surface area contributed by atoms with Gasteiger partial charge in [-0.25, -0.2) is 26.0 Å². The van der Waals surface area contributed by atoms with Crippen molar-refractivity contribution < 1.29 is 47.7 Å². The van der Waals surface area contributed by atoms with Gasteiger partial charge in [-0.1, -0.05) is 0 Å². The van der Waals surface area contributed by atoms with Gasteiger partial charge in [-0.05, 0) is 13.8 Å². The summed E-state index contributed by atoms with van der Waals surface area (Å²) in [5.74, 6) is 0. The molecule has 0 unspecified atom stereocenters. The van der Waals surface area contributed by atoms with E-state index in [2.05, 4.69) is 30.9 Å². The fourth-order valence-electron chi connectivity index (χ4n) is 0.989. The number of imidazole rings is 1. The first-order valence-electron chi connectivity index (χ1n) is 5.80. The van der Waals surface area contributed by atoms with Gasteiger partial charge in [0.2, 0.25) is 6.33 Å². The smallest absolute Gasteiger partial charge is 0.421 e. The van der Waals surface area contributed by atoms with E-state index in [1.165, 1.54) is 0 Å². The Morgan fingerprint density at radius 3 is 1.50 bits per heavy atom. The second-order valence-corrected chi connectivity index (χ2v) is 7.96. The zero-order valence-corrected chi connectivity index (χ0v) is 14.0. The number of alkyl halides is 6. The Balaban J connectivity index is 0.000000496. The van der Waals surface area contributed by atoms with Gasteiger partial charge in [-0.15, -0.1) is 0 Å². The summed E-state index contributed by atoms with van der Waals surface area (Å²) in [4.78, 5) is 0. The number of halogens is 6. The lowest BCUT2D eigenvalue weighted by Crippen LogP contribution is -2.30. The summed E-state index contributed by atoms with van der Waals surface area (Å²) >= 11 is 0. The maximum absolute atomic E-state index is 11.4. The van der Waals surface area contributed by atoms with Crippen LogP contribution >= 0.6 is 0 Å². The number of rotatable bonds is 3. The zero-order chi connectivity index (χ0) is 19.6. The van der Waals surface area contributed by atoms with Crippen LogP contribution in [0.1, 0.15) is 19.9 Å². The van der Waals surface area contributed by atoms with Crippen molar-refractivity contribution in [2.75, 3.05) is 0 Å². The summed E-state index contributed by atoms with van der Waals surface area (Å²) in [7, 11) is -11.4. The SMILES string of the molecule is CC(C)n1cc[n+](C)c1.O=S(=O)([N-]S(=O)(=O)C(F)(F)F)C(F)(F)F. The molecule has 0 aromatic carbocycles. The van der Waals surface area contributed by atoms with Crippen molar-refractivity contribution in [3.05, 3.63) is 22.8 Å². The van der Waals surface area contributed by atoms with Gasteiger partial charge in [-0.3, -0.25) is 0 Å². The fourth-order valence-corrected chi connectivity index (χ4v) is 2.70. The first kappa shape index (κ1) is 22.6. The first-order chi connectivity index (χ1) is 10.4. The summed E-state index contributed by atoms with van der Waals surface area (Å²) in [6, 6.07) is 0.575. The van der Waals surface area contributed by atoms with Gasteiger partial charge in [0.15, 0.2) is 20.0 Å². The minimum absolute atomic E-state index is 0.575. The van der Waals surface area contributed by atoms with Crippen LogP contribution < -0.4 is 4.57 Å². The lowest BCUT2D eigenvalue weighted by Gasteiger charge is -2.22. The molecule has 0 aliphatic heterocycles. The lowest BCUT2D eigenvalue weighted by molar-refractivity contribution is -0.671. The second-order valence-electron chi connectivity index (χ2n) is 4.54. The Kier molecular flexibility index (Phi) is 6.86. The van der Waals surface area contributed by atoms with E-state index in [0.717, 1.165) is 4.13 Å². The van der Waals surface area contributed by atoms with E-state index in [9.17, 15) is 43.2 Å². The average Bonchev–Trinajstić information content (AvgIpc) is 2.72. The third kappa shape index (κ3) is 6.27. The van der Waals surface area contributed by atoms with Crippen LogP contribution in [0.15, 0.2) is 18.7 Å². The fraction of sp³-hybridized carbons (Fsp3) is 0.667. The third-order valence-corrected chi connectivity index (χ3v) is 4.91. The molecule has 1 aromatic heterocycles. The average molecular weight is 405 g/mol. The summed E-state index contributed by atoms with van der Waals surface area (Å²) < 4.78 is 113. The van der Waals surface area contributed by atoms with Crippen molar-refractivity contribution >= 4 is 20.0 Å². The Morgan fingerprint density at radius 2 is 1.33 bits per heavy atom. The highest BCUT2D eigenvalue weighted by Crippen LogP contribution is 2.36. The Morgan fingerprint density at radius 1 is 0.958 bits per heavy atom. The third-order valence-electron chi connectivity index (χ3n) is 2.17. The molecular formula is C9H13F6N3O4S2. The highest BCUT2D eigenvalue weighted by atomic mass is 32.3. The first-order valence-corrected chi connectivity index (χ1v) is 8.68. The second kappa shape index (κ2) is 7.26. The molecule has 15 heteroatoms. The lowest BCUT2D eigenvalue weighted by atomic mass is 10.4. The van der Waals surface area contributed by atoms with E-state index in [0.29, 0.717) is 6.04 Å². The van der Waals surface area contributed by atoms with Crippen molar-refractivity contribution in [3.63, 3.8) is 0 Å². The number of hydrogen-bond acceptors (Lipinski definition) is 4. The normalized spacial score (nSPS) is 13.6. The van der Waals surface area contributed by atoms with Crippen molar-refractivity contribution in [2.45, 2.75) is 30.9 Å². The monoisotopic (exact) mass is 405 g/mol. The highest BCUT2D eigenvalue weighted by Gasteiger charge is 2.46. The molecule has 0 spiro atoms. The molecule has 0 saturated carbocycles. The number of aryl methyl sites for hydroxylation is 1. The summed E-state index contributed by atoms with van der Waals surface area (Å²) in [5, 5.41) is 0. The van der Waals surface area contributed by atoms with Crippen molar-refractivity contribution in [1.29, 1.82) is 0 Å². The molecule has 1 heterocycles. The molecule has 0 radical (unpaired) electrons.